The third-order valence-corrected chi connectivity index (χ3v) is 6.27. The number of ether oxygens (including phenoxy) is 1. The molecule has 3 N–H and O–H groups in total. The van der Waals surface area contributed by atoms with Gasteiger partial charge in [-0.2, -0.15) is 0 Å². The van der Waals surface area contributed by atoms with Gasteiger partial charge in [-0.1, -0.05) is 55.5 Å². The number of anilines is 1. The highest BCUT2D eigenvalue weighted by molar-refractivity contribution is 6.10. The number of nitrogens with zero attached hydrogens (tertiary/aromatic N) is 1. The standard InChI is InChI=1S/C28H28FN3O5/c1-17-8-13-23(22(29)16-17)30-26(34)25(18(2)19-6-4-3-5-7-19)32-27(35)24(31-28(32)36)20-9-11-21(12-10-20)37-15-14-33/h3-13,16,18,24-25,33H,14-15H2,1-2H3,(H,30,34)(H,31,36)/t18?,24-,25?/m1/s1. The Morgan fingerprint density at radius 3 is 2.46 bits per heavy atom. The minimum atomic E-state index is -1.24. The van der Waals surface area contributed by atoms with Crippen molar-refractivity contribution < 1.29 is 28.6 Å². The fraction of sp³-hybridized carbons (Fsp3) is 0.250. The first-order chi connectivity index (χ1) is 17.8. The number of hydrogen-bond donors (Lipinski definition) is 3. The van der Waals surface area contributed by atoms with Crippen LogP contribution in [0, 0.1) is 12.7 Å². The van der Waals surface area contributed by atoms with E-state index in [0.29, 0.717) is 16.9 Å². The lowest BCUT2D eigenvalue weighted by Crippen LogP contribution is -2.50. The quantitative estimate of drug-likeness (QED) is 0.382. The number of carbonyl (C=O) groups is 3. The van der Waals surface area contributed by atoms with E-state index in [0.717, 1.165) is 10.5 Å². The lowest BCUT2D eigenvalue weighted by Gasteiger charge is -2.30. The lowest BCUT2D eigenvalue weighted by molar-refractivity contribution is -0.134. The van der Waals surface area contributed by atoms with Gasteiger partial charge < -0.3 is 20.5 Å². The maximum Gasteiger partial charge on any atom is 0.325 e. The molecule has 0 spiro atoms. The van der Waals surface area contributed by atoms with Gasteiger partial charge in [-0.15, -0.1) is 0 Å². The van der Waals surface area contributed by atoms with Crippen molar-refractivity contribution in [3.8, 4) is 5.75 Å². The van der Waals surface area contributed by atoms with Crippen molar-refractivity contribution >= 4 is 23.5 Å². The van der Waals surface area contributed by atoms with Crippen LogP contribution in [0.2, 0.25) is 0 Å². The average Bonchev–Trinajstić information content (AvgIpc) is 3.19. The monoisotopic (exact) mass is 505 g/mol. The molecule has 1 heterocycles. The molecular formula is C28H28FN3O5. The number of aliphatic hydroxyl groups is 1. The van der Waals surface area contributed by atoms with Gasteiger partial charge in [0.2, 0.25) is 5.91 Å². The van der Waals surface area contributed by atoms with Crippen molar-refractivity contribution in [2.24, 2.45) is 0 Å². The summed E-state index contributed by atoms with van der Waals surface area (Å²) < 4.78 is 19.9. The second-order valence-electron chi connectivity index (χ2n) is 8.85. The molecule has 4 amide bonds. The Bertz CT molecular complexity index is 1280. The molecular weight excluding hydrogens is 477 g/mol. The van der Waals surface area contributed by atoms with Crippen LogP contribution in [0.5, 0.6) is 5.75 Å². The van der Waals surface area contributed by atoms with E-state index in [2.05, 4.69) is 10.6 Å². The second kappa shape index (κ2) is 11.2. The van der Waals surface area contributed by atoms with E-state index in [1.807, 2.05) is 6.07 Å². The molecule has 9 heteroatoms. The third kappa shape index (κ3) is 5.62. The minimum Gasteiger partial charge on any atom is -0.491 e. The van der Waals surface area contributed by atoms with E-state index in [1.54, 1.807) is 68.4 Å². The van der Waals surface area contributed by atoms with Crippen LogP contribution in [-0.4, -0.2) is 47.1 Å². The van der Waals surface area contributed by atoms with Crippen molar-refractivity contribution in [2.75, 3.05) is 18.5 Å². The van der Waals surface area contributed by atoms with E-state index in [-0.39, 0.29) is 18.9 Å². The zero-order valence-electron chi connectivity index (χ0n) is 20.5. The summed E-state index contributed by atoms with van der Waals surface area (Å²) in [5.41, 5.74) is 1.90. The fourth-order valence-corrected chi connectivity index (χ4v) is 4.34. The zero-order chi connectivity index (χ0) is 26.5. The van der Waals surface area contributed by atoms with Crippen LogP contribution in [0.1, 0.15) is 35.6 Å². The highest BCUT2D eigenvalue weighted by Gasteiger charge is 2.47. The third-order valence-electron chi connectivity index (χ3n) is 6.27. The van der Waals surface area contributed by atoms with Gasteiger partial charge in [-0.3, -0.25) is 9.59 Å². The molecule has 0 radical (unpaired) electrons. The van der Waals surface area contributed by atoms with Crippen LogP contribution in [0.3, 0.4) is 0 Å². The molecule has 0 bridgehead atoms. The molecule has 3 aromatic carbocycles. The summed E-state index contributed by atoms with van der Waals surface area (Å²) in [5.74, 6) is -1.98. The minimum absolute atomic E-state index is 0.0390. The second-order valence-corrected chi connectivity index (χ2v) is 8.85. The van der Waals surface area contributed by atoms with Crippen molar-refractivity contribution in [1.82, 2.24) is 10.2 Å². The number of rotatable bonds is 9. The van der Waals surface area contributed by atoms with Crippen molar-refractivity contribution in [1.29, 1.82) is 0 Å². The van der Waals surface area contributed by atoms with E-state index in [1.165, 1.54) is 12.1 Å². The topological polar surface area (TPSA) is 108 Å². The van der Waals surface area contributed by atoms with Crippen LogP contribution in [-0.2, 0) is 9.59 Å². The van der Waals surface area contributed by atoms with Crippen LogP contribution < -0.4 is 15.4 Å². The van der Waals surface area contributed by atoms with Crippen molar-refractivity contribution in [2.45, 2.75) is 31.8 Å². The normalized spacial score (nSPS) is 16.8. The summed E-state index contributed by atoms with van der Waals surface area (Å²) in [6, 6.07) is 17.0. The highest BCUT2D eigenvalue weighted by atomic mass is 19.1. The molecule has 1 saturated heterocycles. The summed E-state index contributed by atoms with van der Waals surface area (Å²) in [5, 5.41) is 14.1. The molecule has 0 saturated carbocycles. The van der Waals surface area contributed by atoms with Crippen molar-refractivity contribution in [3.05, 3.63) is 95.3 Å². The van der Waals surface area contributed by atoms with E-state index in [9.17, 15) is 18.8 Å². The first-order valence-electron chi connectivity index (χ1n) is 11.9. The van der Waals surface area contributed by atoms with Gasteiger partial charge in [0.25, 0.3) is 5.91 Å². The van der Waals surface area contributed by atoms with Gasteiger partial charge in [0, 0.05) is 5.92 Å². The summed E-state index contributed by atoms with van der Waals surface area (Å²) >= 11 is 0. The molecule has 1 aliphatic heterocycles. The Kier molecular flexibility index (Phi) is 7.83. The molecule has 0 aromatic heterocycles. The number of aliphatic hydroxyl groups excluding tert-OH is 1. The molecule has 4 rings (SSSR count). The summed E-state index contributed by atoms with van der Waals surface area (Å²) in [6.07, 6.45) is 0. The van der Waals surface area contributed by atoms with Gasteiger partial charge in [-0.05, 0) is 47.9 Å². The molecule has 3 atom stereocenters. The first kappa shape index (κ1) is 25.8. The molecule has 3 aromatic rings. The fourth-order valence-electron chi connectivity index (χ4n) is 4.34. The molecule has 2 unspecified atom stereocenters. The van der Waals surface area contributed by atoms with Crippen LogP contribution >= 0.6 is 0 Å². The van der Waals surface area contributed by atoms with Crippen LogP contribution in [0.25, 0.3) is 0 Å². The number of benzene rings is 3. The average molecular weight is 506 g/mol. The SMILES string of the molecule is Cc1ccc(NC(=O)C(C(C)c2ccccc2)N2C(=O)N[C@H](c3ccc(OCCO)cc3)C2=O)c(F)c1. The number of hydrogen-bond acceptors (Lipinski definition) is 5. The zero-order valence-corrected chi connectivity index (χ0v) is 20.5. The first-order valence-corrected chi connectivity index (χ1v) is 11.9. The predicted octanol–water partition coefficient (Wildman–Crippen LogP) is 3.91. The number of carbonyl (C=O) groups excluding carboxylic acids is 3. The maximum absolute atomic E-state index is 14.5. The number of urea groups is 1. The lowest BCUT2D eigenvalue weighted by atomic mass is 9.91. The molecule has 1 aliphatic rings. The summed E-state index contributed by atoms with van der Waals surface area (Å²) in [4.78, 5) is 41.1. The Morgan fingerprint density at radius 1 is 1.11 bits per heavy atom. The Labute approximate surface area is 214 Å². The van der Waals surface area contributed by atoms with Gasteiger partial charge >= 0.3 is 6.03 Å². The molecule has 0 aliphatic carbocycles. The number of nitrogens with one attached hydrogen (secondary N) is 2. The van der Waals surface area contributed by atoms with Gasteiger partial charge in [0.05, 0.1) is 12.3 Å². The number of imide groups is 1. The maximum atomic E-state index is 14.5. The summed E-state index contributed by atoms with van der Waals surface area (Å²) in [7, 11) is 0. The Hall–Kier alpha value is -4.24. The van der Waals surface area contributed by atoms with Crippen LogP contribution in [0.4, 0.5) is 14.9 Å². The van der Waals surface area contributed by atoms with E-state index < -0.39 is 41.7 Å². The number of amides is 4. The van der Waals surface area contributed by atoms with Crippen molar-refractivity contribution in [3.63, 3.8) is 0 Å². The highest BCUT2D eigenvalue weighted by Crippen LogP contribution is 2.32. The van der Waals surface area contributed by atoms with E-state index in [4.69, 9.17) is 9.84 Å². The number of halogens is 1. The van der Waals surface area contributed by atoms with Gasteiger partial charge in [0.1, 0.15) is 30.3 Å². The molecule has 8 nitrogen and oxygen atoms in total. The number of aryl methyl sites for hydroxylation is 1. The summed E-state index contributed by atoms with van der Waals surface area (Å²) in [6.45, 7) is 3.46. The molecule has 192 valence electrons. The van der Waals surface area contributed by atoms with Gasteiger partial charge in [0.15, 0.2) is 0 Å². The molecule has 1 fully saturated rings. The van der Waals surface area contributed by atoms with Gasteiger partial charge in [-0.25, -0.2) is 14.1 Å². The van der Waals surface area contributed by atoms with Crippen LogP contribution in [0.15, 0.2) is 72.8 Å². The predicted molar refractivity (Wildman–Crippen MR) is 136 cm³/mol. The largest absolute Gasteiger partial charge is 0.491 e. The molecule has 37 heavy (non-hydrogen) atoms. The smallest absolute Gasteiger partial charge is 0.325 e. The Morgan fingerprint density at radius 2 is 1.81 bits per heavy atom. The Balaban J connectivity index is 1.64. The van der Waals surface area contributed by atoms with E-state index >= 15 is 0 Å².